The van der Waals surface area contributed by atoms with E-state index in [9.17, 15) is 13.2 Å². The molecular formula is C21H18Cl2N2O3S. The summed E-state index contributed by atoms with van der Waals surface area (Å²) in [6.45, 7) is 1.83. The first-order valence-corrected chi connectivity index (χ1v) is 10.8. The van der Waals surface area contributed by atoms with Crippen LogP contribution in [-0.4, -0.2) is 21.4 Å². The van der Waals surface area contributed by atoms with E-state index in [0.717, 1.165) is 9.87 Å². The molecule has 0 aliphatic rings. The van der Waals surface area contributed by atoms with Gasteiger partial charge in [0.1, 0.15) is 0 Å². The van der Waals surface area contributed by atoms with Crippen LogP contribution in [0.1, 0.15) is 15.9 Å². The molecule has 0 bridgehead atoms. The smallest absolute Gasteiger partial charge is 0.264 e. The Kier molecular flexibility index (Phi) is 6.17. The van der Waals surface area contributed by atoms with E-state index in [1.165, 1.54) is 37.4 Å². The van der Waals surface area contributed by atoms with E-state index < -0.39 is 15.9 Å². The Bertz CT molecular complexity index is 1170. The van der Waals surface area contributed by atoms with Gasteiger partial charge in [-0.1, -0.05) is 41.4 Å². The second-order valence-electron chi connectivity index (χ2n) is 6.36. The Balaban J connectivity index is 1.85. The molecule has 3 aromatic carbocycles. The third kappa shape index (κ3) is 4.56. The highest BCUT2D eigenvalue weighted by molar-refractivity contribution is 7.92. The van der Waals surface area contributed by atoms with Crippen molar-refractivity contribution in [3.05, 3.63) is 87.9 Å². The van der Waals surface area contributed by atoms with E-state index in [-0.39, 0.29) is 15.5 Å². The molecule has 150 valence electrons. The maximum atomic E-state index is 12.8. The van der Waals surface area contributed by atoms with Crippen molar-refractivity contribution in [2.24, 2.45) is 0 Å². The molecule has 0 radical (unpaired) electrons. The van der Waals surface area contributed by atoms with Crippen LogP contribution in [0.15, 0.2) is 71.6 Å². The number of rotatable bonds is 5. The van der Waals surface area contributed by atoms with Crippen LogP contribution < -0.4 is 9.62 Å². The number of hydrogen-bond acceptors (Lipinski definition) is 3. The third-order valence-electron chi connectivity index (χ3n) is 4.40. The number of carbonyl (C=O) groups is 1. The first-order chi connectivity index (χ1) is 13.7. The molecule has 3 aromatic rings. The van der Waals surface area contributed by atoms with Crippen LogP contribution in [0.5, 0.6) is 0 Å². The number of carbonyl (C=O) groups excluding carboxylic acids is 1. The molecule has 0 saturated carbocycles. The average molecular weight is 449 g/mol. The van der Waals surface area contributed by atoms with E-state index >= 15 is 0 Å². The lowest BCUT2D eigenvalue weighted by atomic mass is 10.1. The van der Waals surface area contributed by atoms with Gasteiger partial charge in [0.05, 0.1) is 21.2 Å². The number of halogens is 2. The van der Waals surface area contributed by atoms with E-state index in [4.69, 9.17) is 23.2 Å². The van der Waals surface area contributed by atoms with E-state index in [1.807, 2.05) is 6.92 Å². The number of nitrogens with zero attached hydrogens (tertiary/aromatic N) is 1. The molecular weight excluding hydrogens is 431 g/mol. The second kappa shape index (κ2) is 8.45. The fourth-order valence-corrected chi connectivity index (χ4v) is 4.43. The number of nitrogens with one attached hydrogen (secondary N) is 1. The highest BCUT2D eigenvalue weighted by atomic mass is 35.5. The number of benzene rings is 3. The fourth-order valence-electron chi connectivity index (χ4n) is 2.73. The Morgan fingerprint density at radius 3 is 2.28 bits per heavy atom. The second-order valence-corrected chi connectivity index (χ2v) is 9.18. The molecule has 0 aliphatic carbocycles. The normalized spacial score (nSPS) is 11.2. The van der Waals surface area contributed by atoms with Gasteiger partial charge in [0, 0.05) is 17.8 Å². The summed E-state index contributed by atoms with van der Waals surface area (Å²) in [7, 11) is -2.30. The summed E-state index contributed by atoms with van der Waals surface area (Å²) in [5.74, 6) is -0.402. The zero-order valence-electron chi connectivity index (χ0n) is 15.7. The zero-order valence-corrected chi connectivity index (χ0v) is 18.0. The van der Waals surface area contributed by atoms with Crippen LogP contribution in [0.25, 0.3) is 0 Å². The minimum absolute atomic E-state index is 0.140. The van der Waals surface area contributed by atoms with E-state index in [0.29, 0.717) is 16.4 Å². The number of sulfonamides is 1. The third-order valence-corrected chi connectivity index (χ3v) is 6.75. The summed E-state index contributed by atoms with van der Waals surface area (Å²) in [5, 5.41) is 3.50. The van der Waals surface area contributed by atoms with Gasteiger partial charge >= 0.3 is 0 Å². The molecule has 1 N–H and O–H groups in total. The van der Waals surface area contributed by atoms with Gasteiger partial charge in [-0.25, -0.2) is 8.42 Å². The van der Waals surface area contributed by atoms with Crippen molar-refractivity contribution in [3.63, 3.8) is 0 Å². The number of hydrogen-bond donors (Lipinski definition) is 1. The first kappa shape index (κ1) is 21.2. The molecule has 0 unspecified atom stereocenters. The van der Waals surface area contributed by atoms with Crippen molar-refractivity contribution in [1.29, 1.82) is 0 Å². The Labute approximate surface area is 179 Å². The Morgan fingerprint density at radius 2 is 1.66 bits per heavy atom. The van der Waals surface area contributed by atoms with Crippen molar-refractivity contribution in [1.82, 2.24) is 0 Å². The van der Waals surface area contributed by atoms with Crippen LogP contribution >= 0.6 is 23.2 Å². The van der Waals surface area contributed by atoms with Crippen LogP contribution in [-0.2, 0) is 10.0 Å². The van der Waals surface area contributed by atoms with Crippen molar-refractivity contribution >= 4 is 50.5 Å². The predicted molar refractivity (Wildman–Crippen MR) is 118 cm³/mol. The molecule has 0 atom stereocenters. The summed E-state index contributed by atoms with van der Waals surface area (Å²) >= 11 is 12.2. The molecule has 8 heteroatoms. The molecule has 29 heavy (non-hydrogen) atoms. The predicted octanol–water partition coefficient (Wildman–Crippen LogP) is 5.38. The van der Waals surface area contributed by atoms with Gasteiger partial charge in [-0.15, -0.1) is 0 Å². The van der Waals surface area contributed by atoms with Gasteiger partial charge in [0.25, 0.3) is 15.9 Å². The van der Waals surface area contributed by atoms with Crippen molar-refractivity contribution in [2.45, 2.75) is 11.8 Å². The standard InChI is InChI=1S/C21H18Cl2N2O3S/c1-14-12-15(22)8-11-20(14)24-21(26)18-10-9-16(13-19(18)23)25(2)29(27,28)17-6-4-3-5-7-17/h3-13H,1-2H3,(H,24,26). The quantitative estimate of drug-likeness (QED) is 0.569. The summed E-state index contributed by atoms with van der Waals surface area (Å²) in [4.78, 5) is 12.8. The van der Waals surface area contributed by atoms with Crippen LogP contribution in [0, 0.1) is 6.92 Å². The van der Waals surface area contributed by atoms with Gasteiger partial charge in [0.15, 0.2) is 0 Å². The monoisotopic (exact) mass is 448 g/mol. The summed E-state index contributed by atoms with van der Waals surface area (Å²) in [6.07, 6.45) is 0. The number of amides is 1. The van der Waals surface area contributed by atoms with Crippen molar-refractivity contribution in [2.75, 3.05) is 16.7 Å². The van der Waals surface area contributed by atoms with Crippen LogP contribution in [0.3, 0.4) is 0 Å². The maximum absolute atomic E-state index is 12.8. The molecule has 0 fully saturated rings. The number of anilines is 2. The highest BCUT2D eigenvalue weighted by Gasteiger charge is 2.22. The summed E-state index contributed by atoms with van der Waals surface area (Å²) in [5.41, 5.74) is 2.00. The molecule has 3 rings (SSSR count). The minimum atomic E-state index is -3.74. The molecule has 1 amide bonds. The first-order valence-electron chi connectivity index (χ1n) is 8.61. The van der Waals surface area contributed by atoms with Crippen molar-refractivity contribution in [3.8, 4) is 0 Å². The molecule has 0 aliphatic heterocycles. The van der Waals surface area contributed by atoms with Gasteiger partial charge in [-0.2, -0.15) is 0 Å². The minimum Gasteiger partial charge on any atom is -0.322 e. The topological polar surface area (TPSA) is 66.5 Å². The number of aryl methyl sites for hydroxylation is 1. The van der Waals surface area contributed by atoms with Crippen LogP contribution in [0.4, 0.5) is 11.4 Å². The van der Waals surface area contributed by atoms with Gasteiger partial charge in [0.2, 0.25) is 0 Å². The Morgan fingerprint density at radius 1 is 0.966 bits per heavy atom. The van der Waals surface area contributed by atoms with Crippen LogP contribution in [0.2, 0.25) is 10.0 Å². The maximum Gasteiger partial charge on any atom is 0.264 e. The zero-order chi connectivity index (χ0) is 21.2. The van der Waals surface area contributed by atoms with E-state index in [2.05, 4.69) is 5.32 Å². The summed E-state index contributed by atoms with van der Waals surface area (Å²) in [6, 6.07) is 17.7. The lowest BCUT2D eigenvalue weighted by molar-refractivity contribution is 0.102. The van der Waals surface area contributed by atoms with Gasteiger partial charge in [-0.3, -0.25) is 9.10 Å². The molecule has 0 saturated heterocycles. The highest BCUT2D eigenvalue weighted by Crippen LogP contribution is 2.28. The van der Waals surface area contributed by atoms with Gasteiger partial charge < -0.3 is 5.32 Å². The lowest BCUT2D eigenvalue weighted by Gasteiger charge is -2.20. The molecule has 0 aromatic heterocycles. The molecule has 5 nitrogen and oxygen atoms in total. The largest absolute Gasteiger partial charge is 0.322 e. The van der Waals surface area contributed by atoms with E-state index in [1.54, 1.807) is 36.4 Å². The molecule has 0 heterocycles. The lowest BCUT2D eigenvalue weighted by Crippen LogP contribution is -2.26. The Hall–Kier alpha value is -2.54. The van der Waals surface area contributed by atoms with Gasteiger partial charge in [-0.05, 0) is 61.0 Å². The molecule has 0 spiro atoms. The average Bonchev–Trinajstić information content (AvgIpc) is 2.70. The SMILES string of the molecule is Cc1cc(Cl)ccc1NC(=O)c1ccc(N(C)S(=O)(=O)c2ccccc2)cc1Cl. The fraction of sp³-hybridized carbons (Fsp3) is 0.0952. The summed E-state index contributed by atoms with van der Waals surface area (Å²) < 4.78 is 26.6. The van der Waals surface area contributed by atoms with Crippen molar-refractivity contribution < 1.29 is 13.2 Å².